The molecular formula is C18H23F3N2O3S. The molecule has 9 heteroatoms. The third kappa shape index (κ3) is 4.82. The summed E-state index contributed by atoms with van der Waals surface area (Å²) in [6.45, 7) is -0.430. The SMILES string of the molecule is O=C(NCC(F)(F)F)c1ccc(S(=O)(=O)N2CC[C@@H]3CCCC[C@@H]3C2)cc1. The van der Waals surface area contributed by atoms with Crippen LogP contribution >= 0.6 is 0 Å². The summed E-state index contributed by atoms with van der Waals surface area (Å²) in [6.07, 6.45) is 0.934. The Bertz CT molecular complexity index is 778. The Morgan fingerprint density at radius 2 is 1.70 bits per heavy atom. The van der Waals surface area contributed by atoms with Crippen molar-refractivity contribution in [1.82, 2.24) is 9.62 Å². The second-order valence-electron chi connectivity index (χ2n) is 7.28. The quantitative estimate of drug-likeness (QED) is 0.838. The van der Waals surface area contributed by atoms with Gasteiger partial charge in [-0.3, -0.25) is 4.79 Å². The Kier molecular flexibility index (Phi) is 5.81. The van der Waals surface area contributed by atoms with Gasteiger partial charge in [0.1, 0.15) is 6.54 Å². The van der Waals surface area contributed by atoms with Gasteiger partial charge >= 0.3 is 6.18 Å². The van der Waals surface area contributed by atoms with Crippen molar-refractivity contribution < 1.29 is 26.4 Å². The zero-order chi connectivity index (χ0) is 19.7. The van der Waals surface area contributed by atoms with Crippen LogP contribution in [0.5, 0.6) is 0 Å². The lowest BCUT2D eigenvalue weighted by molar-refractivity contribution is -0.123. The van der Waals surface area contributed by atoms with Crippen LogP contribution in [0.15, 0.2) is 29.2 Å². The van der Waals surface area contributed by atoms with Crippen molar-refractivity contribution >= 4 is 15.9 Å². The van der Waals surface area contributed by atoms with E-state index in [2.05, 4.69) is 0 Å². The number of rotatable bonds is 4. The van der Waals surface area contributed by atoms with Crippen LogP contribution in [0.1, 0.15) is 42.5 Å². The summed E-state index contributed by atoms with van der Waals surface area (Å²) in [5.41, 5.74) is -0.0100. The molecule has 1 amide bonds. The highest BCUT2D eigenvalue weighted by molar-refractivity contribution is 7.89. The van der Waals surface area contributed by atoms with E-state index in [-0.39, 0.29) is 10.5 Å². The van der Waals surface area contributed by atoms with E-state index in [4.69, 9.17) is 0 Å². The lowest BCUT2D eigenvalue weighted by Crippen LogP contribution is -2.44. The maximum absolute atomic E-state index is 12.9. The second kappa shape index (κ2) is 7.79. The summed E-state index contributed by atoms with van der Waals surface area (Å²) in [5.74, 6) is 0.110. The highest BCUT2D eigenvalue weighted by atomic mass is 32.2. The van der Waals surface area contributed by atoms with Gasteiger partial charge in [-0.1, -0.05) is 19.3 Å². The molecule has 0 unspecified atom stereocenters. The number of carbonyl (C=O) groups excluding carboxylic acids is 1. The predicted molar refractivity (Wildman–Crippen MR) is 93.7 cm³/mol. The summed E-state index contributed by atoms with van der Waals surface area (Å²) < 4.78 is 63.8. The molecule has 150 valence electrons. The number of alkyl halides is 3. The third-order valence-electron chi connectivity index (χ3n) is 5.46. The largest absolute Gasteiger partial charge is 0.405 e. The zero-order valence-corrected chi connectivity index (χ0v) is 15.7. The fourth-order valence-corrected chi connectivity index (χ4v) is 5.51. The molecule has 1 saturated heterocycles. The molecular weight excluding hydrogens is 381 g/mol. The minimum absolute atomic E-state index is 0.0100. The van der Waals surface area contributed by atoms with Crippen molar-refractivity contribution in [2.24, 2.45) is 11.8 Å². The number of piperidine rings is 1. The number of amides is 1. The van der Waals surface area contributed by atoms with E-state index in [1.807, 2.05) is 0 Å². The molecule has 1 N–H and O–H groups in total. The molecule has 1 heterocycles. The minimum Gasteiger partial charge on any atom is -0.343 e. The number of hydrogen-bond acceptors (Lipinski definition) is 3. The van der Waals surface area contributed by atoms with Gasteiger partial charge in [0, 0.05) is 18.7 Å². The molecule has 2 fully saturated rings. The molecule has 1 aliphatic heterocycles. The summed E-state index contributed by atoms with van der Waals surface area (Å²) in [7, 11) is -3.67. The van der Waals surface area contributed by atoms with E-state index >= 15 is 0 Å². The van der Waals surface area contributed by atoms with E-state index < -0.39 is 28.7 Å². The second-order valence-corrected chi connectivity index (χ2v) is 9.22. The lowest BCUT2D eigenvalue weighted by atomic mass is 9.76. The number of benzene rings is 1. The van der Waals surface area contributed by atoms with Crippen LogP contribution in [0.2, 0.25) is 0 Å². The molecule has 1 aromatic rings. The average Bonchev–Trinajstić information content (AvgIpc) is 2.65. The van der Waals surface area contributed by atoms with Crippen LogP contribution in [0, 0.1) is 11.8 Å². The third-order valence-corrected chi connectivity index (χ3v) is 7.34. The van der Waals surface area contributed by atoms with E-state index in [0.29, 0.717) is 24.9 Å². The normalized spacial score (nSPS) is 24.3. The Morgan fingerprint density at radius 1 is 1.07 bits per heavy atom. The average molecular weight is 404 g/mol. The smallest absolute Gasteiger partial charge is 0.343 e. The van der Waals surface area contributed by atoms with Crippen molar-refractivity contribution in [2.75, 3.05) is 19.6 Å². The van der Waals surface area contributed by atoms with Gasteiger partial charge < -0.3 is 5.32 Å². The highest BCUT2D eigenvalue weighted by Gasteiger charge is 2.36. The minimum atomic E-state index is -4.50. The van der Waals surface area contributed by atoms with Crippen molar-refractivity contribution in [3.63, 3.8) is 0 Å². The van der Waals surface area contributed by atoms with Crippen LogP contribution in [0.25, 0.3) is 0 Å². The van der Waals surface area contributed by atoms with E-state index in [9.17, 15) is 26.4 Å². The first-order valence-electron chi connectivity index (χ1n) is 9.12. The van der Waals surface area contributed by atoms with Gasteiger partial charge in [-0.05, 0) is 48.9 Å². The Hall–Kier alpha value is -1.61. The molecule has 27 heavy (non-hydrogen) atoms. The molecule has 0 bridgehead atoms. The topological polar surface area (TPSA) is 66.5 Å². The molecule has 0 aromatic heterocycles. The zero-order valence-electron chi connectivity index (χ0n) is 14.8. The summed E-state index contributed by atoms with van der Waals surface area (Å²) in [6, 6.07) is 5.05. The first kappa shape index (κ1) is 20.1. The predicted octanol–water partition coefficient (Wildman–Crippen LogP) is 3.18. The Morgan fingerprint density at radius 3 is 2.33 bits per heavy atom. The number of hydrogen-bond donors (Lipinski definition) is 1. The fraction of sp³-hybridized carbons (Fsp3) is 0.611. The van der Waals surface area contributed by atoms with E-state index in [1.54, 1.807) is 5.32 Å². The van der Waals surface area contributed by atoms with Gasteiger partial charge in [0.25, 0.3) is 5.91 Å². The number of nitrogens with zero attached hydrogens (tertiary/aromatic N) is 1. The first-order valence-corrected chi connectivity index (χ1v) is 10.6. The number of nitrogens with one attached hydrogen (secondary N) is 1. The van der Waals surface area contributed by atoms with Gasteiger partial charge in [-0.2, -0.15) is 17.5 Å². The van der Waals surface area contributed by atoms with Gasteiger partial charge in [0.15, 0.2) is 0 Å². The Labute approximate surface area is 157 Å². The molecule has 0 radical (unpaired) electrons. The van der Waals surface area contributed by atoms with E-state index in [1.165, 1.54) is 41.4 Å². The highest BCUT2D eigenvalue weighted by Crippen LogP contribution is 2.37. The van der Waals surface area contributed by atoms with Gasteiger partial charge in [-0.15, -0.1) is 0 Å². The standard InChI is InChI=1S/C18H23F3N2O3S/c19-18(20,21)12-22-17(24)14-5-7-16(8-6-14)27(25,26)23-10-9-13-3-1-2-4-15(13)11-23/h5-8,13,15H,1-4,9-12H2,(H,22,24)/t13-,15+/m0/s1. The maximum Gasteiger partial charge on any atom is 0.405 e. The van der Waals surface area contributed by atoms with Crippen LogP contribution in [0.3, 0.4) is 0 Å². The van der Waals surface area contributed by atoms with Gasteiger partial charge in [0.05, 0.1) is 4.90 Å². The molecule has 1 aromatic carbocycles. The van der Waals surface area contributed by atoms with Crippen LogP contribution < -0.4 is 5.32 Å². The van der Waals surface area contributed by atoms with Gasteiger partial charge in [-0.25, -0.2) is 8.42 Å². The van der Waals surface area contributed by atoms with Crippen LogP contribution in [-0.4, -0.2) is 44.4 Å². The van der Waals surface area contributed by atoms with Crippen molar-refractivity contribution in [2.45, 2.75) is 43.2 Å². The summed E-state index contributed by atoms with van der Waals surface area (Å²) in [5, 5.41) is 1.77. The summed E-state index contributed by atoms with van der Waals surface area (Å²) >= 11 is 0. The lowest BCUT2D eigenvalue weighted by Gasteiger charge is -2.40. The van der Waals surface area contributed by atoms with Crippen molar-refractivity contribution in [3.8, 4) is 0 Å². The molecule has 1 aliphatic carbocycles. The monoisotopic (exact) mass is 404 g/mol. The Balaban J connectivity index is 1.67. The molecule has 3 rings (SSSR count). The van der Waals surface area contributed by atoms with E-state index in [0.717, 1.165) is 19.3 Å². The molecule has 0 spiro atoms. The maximum atomic E-state index is 12.9. The summed E-state index contributed by atoms with van der Waals surface area (Å²) in [4.78, 5) is 11.8. The number of sulfonamides is 1. The number of halogens is 3. The van der Waals surface area contributed by atoms with Crippen LogP contribution in [-0.2, 0) is 10.0 Å². The van der Waals surface area contributed by atoms with Crippen molar-refractivity contribution in [3.05, 3.63) is 29.8 Å². The molecule has 1 saturated carbocycles. The van der Waals surface area contributed by atoms with Gasteiger partial charge in [0.2, 0.25) is 10.0 Å². The fourth-order valence-electron chi connectivity index (χ4n) is 4.00. The number of fused-ring (bicyclic) bond motifs is 1. The molecule has 2 atom stereocenters. The molecule has 5 nitrogen and oxygen atoms in total. The number of carbonyl (C=O) groups is 1. The first-order chi connectivity index (χ1) is 12.7. The van der Waals surface area contributed by atoms with Crippen LogP contribution in [0.4, 0.5) is 13.2 Å². The van der Waals surface area contributed by atoms with Crippen molar-refractivity contribution in [1.29, 1.82) is 0 Å². The molecule has 2 aliphatic rings.